The molecule has 1 fully saturated rings. The third kappa shape index (κ3) is 5.17. The highest BCUT2D eigenvalue weighted by molar-refractivity contribution is 7.89. The van der Waals surface area contributed by atoms with Gasteiger partial charge in [-0.3, -0.25) is 4.79 Å². The number of hydrogen-bond acceptors (Lipinski definition) is 3. The molecule has 1 aromatic rings. The molecule has 8 heteroatoms. The van der Waals surface area contributed by atoms with Crippen molar-refractivity contribution in [2.24, 2.45) is 11.8 Å². The summed E-state index contributed by atoms with van der Waals surface area (Å²) < 4.78 is 25.6. The first-order valence-corrected chi connectivity index (χ1v) is 10.3. The summed E-state index contributed by atoms with van der Waals surface area (Å²) in [6.45, 7) is 6.72. The standard InChI is InChI=1S/C17H26ClN3O3S/c1-12-7-13(2)10-21(9-12)11-17(22)19-16-8-14(5-6-15(16)18)25(23,24)20(3)4/h5-6,8,12-13H,7,9-11H2,1-4H3,(H,19,22)/p+1/t12-,13+. The van der Waals surface area contributed by atoms with Crippen molar-refractivity contribution in [3.8, 4) is 0 Å². The van der Waals surface area contributed by atoms with E-state index >= 15 is 0 Å². The quantitative estimate of drug-likeness (QED) is 0.793. The second-order valence-electron chi connectivity index (χ2n) is 7.26. The number of nitrogens with one attached hydrogen (secondary N) is 2. The minimum atomic E-state index is -3.58. The first kappa shape index (κ1) is 20.2. The highest BCUT2D eigenvalue weighted by Crippen LogP contribution is 2.26. The Bertz CT molecular complexity index is 727. The first-order valence-electron chi connectivity index (χ1n) is 8.45. The normalized spacial score (nSPS) is 24.3. The smallest absolute Gasteiger partial charge is 0.279 e. The van der Waals surface area contributed by atoms with E-state index in [0.717, 1.165) is 17.4 Å². The second kappa shape index (κ2) is 8.03. The lowest BCUT2D eigenvalue weighted by Crippen LogP contribution is -3.15. The van der Waals surface area contributed by atoms with Gasteiger partial charge in [0.2, 0.25) is 10.0 Å². The van der Waals surface area contributed by atoms with Crippen molar-refractivity contribution in [3.05, 3.63) is 23.2 Å². The van der Waals surface area contributed by atoms with Crippen LogP contribution in [0.15, 0.2) is 23.1 Å². The molecular weight excluding hydrogens is 362 g/mol. The van der Waals surface area contributed by atoms with Crippen LogP contribution in [-0.4, -0.2) is 52.4 Å². The summed E-state index contributed by atoms with van der Waals surface area (Å²) in [6, 6.07) is 4.34. The Labute approximate surface area is 155 Å². The molecule has 0 saturated carbocycles. The van der Waals surface area contributed by atoms with Crippen LogP contribution in [-0.2, 0) is 14.8 Å². The fourth-order valence-electron chi connectivity index (χ4n) is 3.46. The summed E-state index contributed by atoms with van der Waals surface area (Å²) in [5.74, 6) is 1.05. The van der Waals surface area contributed by atoms with Crippen LogP contribution in [0, 0.1) is 11.8 Å². The number of piperidine rings is 1. The molecule has 1 amide bonds. The van der Waals surface area contributed by atoms with Crippen molar-refractivity contribution in [2.45, 2.75) is 25.2 Å². The Balaban J connectivity index is 2.10. The van der Waals surface area contributed by atoms with Gasteiger partial charge in [0.1, 0.15) is 0 Å². The van der Waals surface area contributed by atoms with Gasteiger partial charge in [0.15, 0.2) is 6.54 Å². The maximum Gasteiger partial charge on any atom is 0.279 e. The zero-order chi connectivity index (χ0) is 18.8. The van der Waals surface area contributed by atoms with Gasteiger partial charge in [0, 0.05) is 25.9 Å². The van der Waals surface area contributed by atoms with Crippen molar-refractivity contribution >= 4 is 33.2 Å². The highest BCUT2D eigenvalue weighted by Gasteiger charge is 2.27. The number of anilines is 1. The van der Waals surface area contributed by atoms with Gasteiger partial charge in [0.25, 0.3) is 5.91 Å². The minimum Gasteiger partial charge on any atom is -0.327 e. The summed E-state index contributed by atoms with van der Waals surface area (Å²) >= 11 is 6.13. The summed E-state index contributed by atoms with van der Waals surface area (Å²) in [7, 11) is -0.650. The fraction of sp³-hybridized carbons (Fsp3) is 0.588. The lowest BCUT2D eigenvalue weighted by molar-refractivity contribution is -0.904. The fourth-order valence-corrected chi connectivity index (χ4v) is 4.55. The average molecular weight is 389 g/mol. The average Bonchev–Trinajstić information content (AvgIpc) is 2.47. The molecule has 1 saturated heterocycles. The van der Waals surface area contributed by atoms with E-state index in [4.69, 9.17) is 11.6 Å². The Morgan fingerprint density at radius 3 is 2.44 bits per heavy atom. The Morgan fingerprint density at radius 2 is 1.88 bits per heavy atom. The van der Waals surface area contributed by atoms with Crippen molar-refractivity contribution in [1.29, 1.82) is 0 Å². The molecule has 1 heterocycles. The summed E-state index contributed by atoms with van der Waals surface area (Å²) in [6.07, 6.45) is 1.20. The molecule has 1 aliphatic rings. The van der Waals surface area contributed by atoms with Crippen molar-refractivity contribution in [3.63, 3.8) is 0 Å². The number of carbonyl (C=O) groups is 1. The van der Waals surface area contributed by atoms with Crippen molar-refractivity contribution in [1.82, 2.24) is 4.31 Å². The van der Waals surface area contributed by atoms with E-state index in [1.807, 2.05) is 0 Å². The monoisotopic (exact) mass is 388 g/mol. The summed E-state index contributed by atoms with van der Waals surface area (Å²) in [5.41, 5.74) is 0.326. The van der Waals surface area contributed by atoms with E-state index in [1.165, 1.54) is 43.6 Å². The Morgan fingerprint density at radius 1 is 1.28 bits per heavy atom. The van der Waals surface area contributed by atoms with Gasteiger partial charge in [-0.05, 0) is 24.6 Å². The molecule has 1 aliphatic heterocycles. The minimum absolute atomic E-state index is 0.102. The van der Waals surface area contributed by atoms with Gasteiger partial charge < -0.3 is 10.2 Å². The third-order valence-electron chi connectivity index (χ3n) is 4.48. The largest absolute Gasteiger partial charge is 0.327 e. The molecule has 6 nitrogen and oxygen atoms in total. The van der Waals surface area contributed by atoms with E-state index in [0.29, 0.717) is 29.1 Å². The van der Waals surface area contributed by atoms with Crippen LogP contribution in [0.2, 0.25) is 5.02 Å². The topological polar surface area (TPSA) is 70.9 Å². The maximum atomic E-state index is 12.4. The van der Waals surface area contributed by atoms with Crippen LogP contribution in [0.5, 0.6) is 0 Å². The van der Waals surface area contributed by atoms with Gasteiger partial charge in [-0.25, -0.2) is 12.7 Å². The maximum absolute atomic E-state index is 12.4. The molecule has 3 atom stereocenters. The number of carbonyl (C=O) groups excluding carboxylic acids is 1. The van der Waals surface area contributed by atoms with Crippen molar-refractivity contribution < 1.29 is 18.1 Å². The molecule has 140 valence electrons. The van der Waals surface area contributed by atoms with E-state index in [-0.39, 0.29) is 10.8 Å². The van der Waals surface area contributed by atoms with Crippen LogP contribution in [0.25, 0.3) is 0 Å². The highest BCUT2D eigenvalue weighted by atomic mass is 35.5. The number of benzene rings is 1. The molecule has 0 aliphatic carbocycles. The number of likely N-dealkylation sites (tertiary alicyclic amines) is 1. The Hall–Kier alpha value is -1.15. The summed E-state index contributed by atoms with van der Waals surface area (Å²) in [5, 5.41) is 3.08. The van der Waals surface area contributed by atoms with Gasteiger partial charge >= 0.3 is 0 Å². The molecule has 2 N–H and O–H groups in total. The molecular formula is C17H27ClN3O3S+. The van der Waals surface area contributed by atoms with Gasteiger partial charge in [-0.1, -0.05) is 25.4 Å². The lowest BCUT2D eigenvalue weighted by atomic mass is 9.92. The van der Waals surface area contributed by atoms with Crippen LogP contribution >= 0.6 is 11.6 Å². The van der Waals surface area contributed by atoms with E-state index < -0.39 is 10.0 Å². The summed E-state index contributed by atoms with van der Waals surface area (Å²) in [4.78, 5) is 13.7. The number of quaternary nitrogens is 1. The molecule has 0 spiro atoms. The SMILES string of the molecule is C[C@@H]1C[C@H](C)C[NH+](CC(=O)Nc2cc(S(=O)(=O)N(C)C)ccc2Cl)C1. The number of nitrogens with zero attached hydrogens (tertiary/aromatic N) is 1. The van der Waals surface area contributed by atoms with Crippen LogP contribution in [0.4, 0.5) is 5.69 Å². The molecule has 1 aromatic carbocycles. The van der Waals surface area contributed by atoms with Gasteiger partial charge in [-0.2, -0.15) is 0 Å². The third-order valence-corrected chi connectivity index (χ3v) is 6.62. The van der Waals surface area contributed by atoms with E-state index in [2.05, 4.69) is 19.2 Å². The second-order valence-corrected chi connectivity index (χ2v) is 9.82. The van der Waals surface area contributed by atoms with Gasteiger partial charge in [-0.15, -0.1) is 0 Å². The number of halogens is 1. The van der Waals surface area contributed by atoms with Crippen LogP contribution in [0.3, 0.4) is 0 Å². The zero-order valence-electron chi connectivity index (χ0n) is 15.2. The number of sulfonamides is 1. The van der Waals surface area contributed by atoms with Gasteiger partial charge in [0.05, 0.1) is 28.7 Å². The molecule has 0 radical (unpaired) electrons. The molecule has 2 rings (SSSR count). The van der Waals surface area contributed by atoms with Crippen LogP contribution < -0.4 is 10.2 Å². The molecule has 1 unspecified atom stereocenters. The molecule has 0 aromatic heterocycles. The lowest BCUT2D eigenvalue weighted by Gasteiger charge is -2.31. The first-order chi connectivity index (χ1) is 11.6. The Kier molecular flexibility index (Phi) is 6.48. The number of hydrogen-bond donors (Lipinski definition) is 2. The molecule has 25 heavy (non-hydrogen) atoms. The van der Waals surface area contributed by atoms with Crippen LogP contribution in [0.1, 0.15) is 20.3 Å². The zero-order valence-corrected chi connectivity index (χ0v) is 16.7. The predicted octanol–water partition coefficient (Wildman–Crippen LogP) is 1.09. The predicted molar refractivity (Wildman–Crippen MR) is 99.5 cm³/mol. The van der Waals surface area contributed by atoms with E-state index in [9.17, 15) is 13.2 Å². The van der Waals surface area contributed by atoms with Crippen molar-refractivity contribution in [2.75, 3.05) is 39.0 Å². The molecule has 0 bridgehead atoms. The van der Waals surface area contributed by atoms with E-state index in [1.54, 1.807) is 0 Å². The number of amides is 1. The number of rotatable bonds is 5.